The van der Waals surface area contributed by atoms with Crippen LogP contribution in [0, 0.1) is 6.92 Å². The van der Waals surface area contributed by atoms with E-state index in [4.69, 9.17) is 5.73 Å². The fraction of sp³-hybridized carbons (Fsp3) is 0.0870. The van der Waals surface area contributed by atoms with Gasteiger partial charge in [-0.2, -0.15) is 0 Å². The quantitative estimate of drug-likeness (QED) is 0.553. The van der Waals surface area contributed by atoms with Crippen LogP contribution in [-0.4, -0.2) is 10.9 Å². The van der Waals surface area contributed by atoms with E-state index < -0.39 is 5.92 Å². The van der Waals surface area contributed by atoms with Crippen LogP contribution >= 0.6 is 0 Å². The molecule has 4 aromatic rings. The van der Waals surface area contributed by atoms with Gasteiger partial charge in [0, 0.05) is 16.5 Å². The maximum atomic E-state index is 12.5. The average molecular weight is 340 g/mol. The molecule has 1 heterocycles. The number of hydrogen-bond acceptors (Lipinski definition) is 1. The van der Waals surface area contributed by atoms with Crippen LogP contribution in [-0.2, 0) is 4.79 Å². The number of benzene rings is 3. The van der Waals surface area contributed by atoms with Gasteiger partial charge >= 0.3 is 0 Å². The van der Waals surface area contributed by atoms with E-state index in [2.05, 4.69) is 36.2 Å². The van der Waals surface area contributed by atoms with Crippen molar-refractivity contribution in [3.05, 3.63) is 95.6 Å². The first-order valence-corrected chi connectivity index (χ1v) is 8.67. The van der Waals surface area contributed by atoms with E-state index in [1.807, 2.05) is 54.6 Å². The van der Waals surface area contributed by atoms with Crippen LogP contribution in [0.1, 0.15) is 22.6 Å². The first-order chi connectivity index (χ1) is 12.6. The lowest BCUT2D eigenvalue weighted by molar-refractivity contribution is -0.118. The molecule has 0 aliphatic rings. The van der Waals surface area contributed by atoms with E-state index >= 15 is 0 Å². The van der Waals surface area contributed by atoms with Gasteiger partial charge in [-0.05, 0) is 24.1 Å². The van der Waals surface area contributed by atoms with Crippen LogP contribution < -0.4 is 5.73 Å². The molecular formula is C23H20N2O. The molecule has 0 saturated heterocycles. The molecule has 0 aliphatic carbocycles. The minimum absolute atomic E-state index is 0.352. The molecule has 0 saturated carbocycles. The molecule has 3 aromatic carbocycles. The van der Waals surface area contributed by atoms with Crippen molar-refractivity contribution >= 4 is 16.8 Å². The van der Waals surface area contributed by atoms with Crippen LogP contribution in [0.15, 0.2) is 78.9 Å². The molecule has 3 heteroatoms. The van der Waals surface area contributed by atoms with E-state index in [-0.39, 0.29) is 5.91 Å². The first-order valence-electron chi connectivity index (χ1n) is 8.67. The highest BCUT2D eigenvalue weighted by atomic mass is 16.1. The van der Waals surface area contributed by atoms with Crippen molar-refractivity contribution in [1.29, 1.82) is 0 Å². The molecule has 0 radical (unpaired) electrons. The first kappa shape index (κ1) is 16.2. The number of carbonyl (C=O) groups is 1. The van der Waals surface area contributed by atoms with Gasteiger partial charge < -0.3 is 10.7 Å². The average Bonchev–Trinajstić information content (AvgIpc) is 3.03. The molecule has 0 bridgehead atoms. The zero-order chi connectivity index (χ0) is 18.1. The second kappa shape index (κ2) is 6.52. The third kappa shape index (κ3) is 2.78. The van der Waals surface area contributed by atoms with Crippen LogP contribution in [0.4, 0.5) is 0 Å². The fourth-order valence-electron chi connectivity index (χ4n) is 3.53. The molecule has 1 amide bonds. The summed E-state index contributed by atoms with van der Waals surface area (Å²) >= 11 is 0. The van der Waals surface area contributed by atoms with Gasteiger partial charge in [-0.15, -0.1) is 0 Å². The van der Waals surface area contributed by atoms with Gasteiger partial charge in [0.15, 0.2) is 0 Å². The maximum absolute atomic E-state index is 12.5. The number of aromatic amines is 1. The molecule has 0 fully saturated rings. The molecule has 4 rings (SSSR count). The lowest BCUT2D eigenvalue weighted by Crippen LogP contribution is -2.22. The molecule has 26 heavy (non-hydrogen) atoms. The molecule has 3 nitrogen and oxygen atoms in total. The van der Waals surface area contributed by atoms with Crippen LogP contribution in [0.2, 0.25) is 0 Å². The van der Waals surface area contributed by atoms with Gasteiger partial charge in [0.1, 0.15) is 0 Å². The number of rotatable bonds is 4. The lowest BCUT2D eigenvalue weighted by Gasteiger charge is -2.16. The Balaban J connectivity index is 2.02. The number of fused-ring (bicyclic) bond motifs is 1. The molecule has 1 atom stereocenters. The zero-order valence-corrected chi connectivity index (χ0v) is 14.6. The minimum atomic E-state index is -0.511. The number of aryl methyl sites for hydroxylation is 1. The molecule has 1 unspecified atom stereocenters. The number of nitrogens with two attached hydrogens (primary N) is 1. The molecule has 128 valence electrons. The topological polar surface area (TPSA) is 58.9 Å². The van der Waals surface area contributed by atoms with Crippen molar-refractivity contribution in [3.8, 4) is 11.3 Å². The number of H-pyrrole nitrogens is 1. The highest BCUT2D eigenvalue weighted by Crippen LogP contribution is 2.38. The molecule has 0 aliphatic heterocycles. The van der Waals surface area contributed by atoms with E-state index in [1.54, 1.807) is 0 Å². The second-order valence-corrected chi connectivity index (χ2v) is 6.57. The number of carbonyl (C=O) groups excluding carboxylic acids is 1. The molecule has 0 spiro atoms. The second-order valence-electron chi connectivity index (χ2n) is 6.57. The Kier molecular flexibility index (Phi) is 4.05. The fourth-order valence-corrected chi connectivity index (χ4v) is 3.53. The normalized spacial score (nSPS) is 12.2. The van der Waals surface area contributed by atoms with Gasteiger partial charge in [-0.3, -0.25) is 4.79 Å². The SMILES string of the molecule is Cc1ccc(-c2[nH]c3ccccc3c2C(C(N)=O)c2ccccc2)cc1. The number of aromatic nitrogens is 1. The standard InChI is InChI=1S/C23H20N2O/c1-15-11-13-17(14-12-15)22-21(18-9-5-6-10-19(18)25-22)20(23(24)26)16-7-3-2-4-8-16/h2-14,20,25H,1H3,(H2,24,26). The highest BCUT2D eigenvalue weighted by Gasteiger charge is 2.27. The summed E-state index contributed by atoms with van der Waals surface area (Å²) in [7, 11) is 0. The predicted molar refractivity (Wildman–Crippen MR) is 106 cm³/mol. The van der Waals surface area contributed by atoms with E-state index in [1.165, 1.54) is 5.56 Å². The van der Waals surface area contributed by atoms with Crippen molar-refractivity contribution in [2.45, 2.75) is 12.8 Å². The number of hydrogen-bond donors (Lipinski definition) is 2. The Bertz CT molecular complexity index is 1060. The molecular weight excluding hydrogens is 320 g/mol. The summed E-state index contributed by atoms with van der Waals surface area (Å²) in [5.41, 5.74) is 11.9. The van der Waals surface area contributed by atoms with Crippen molar-refractivity contribution < 1.29 is 4.79 Å². The number of para-hydroxylation sites is 1. The Morgan fingerprint density at radius 1 is 0.885 bits per heavy atom. The third-order valence-electron chi connectivity index (χ3n) is 4.79. The van der Waals surface area contributed by atoms with Crippen LogP contribution in [0.5, 0.6) is 0 Å². The predicted octanol–water partition coefficient (Wildman–Crippen LogP) is 4.76. The van der Waals surface area contributed by atoms with Crippen molar-refractivity contribution in [2.75, 3.05) is 0 Å². The van der Waals surface area contributed by atoms with Gasteiger partial charge in [0.05, 0.1) is 11.6 Å². The number of amides is 1. The summed E-state index contributed by atoms with van der Waals surface area (Å²) in [5.74, 6) is -0.863. The zero-order valence-electron chi connectivity index (χ0n) is 14.6. The van der Waals surface area contributed by atoms with Gasteiger partial charge in [-0.1, -0.05) is 78.4 Å². The summed E-state index contributed by atoms with van der Waals surface area (Å²) in [5, 5.41) is 1.02. The summed E-state index contributed by atoms with van der Waals surface area (Å²) in [6.07, 6.45) is 0. The molecule has 3 N–H and O–H groups in total. The van der Waals surface area contributed by atoms with E-state index in [0.717, 1.165) is 33.3 Å². The third-order valence-corrected chi connectivity index (χ3v) is 4.79. The monoisotopic (exact) mass is 340 g/mol. The maximum Gasteiger partial charge on any atom is 0.229 e. The van der Waals surface area contributed by atoms with Crippen molar-refractivity contribution in [1.82, 2.24) is 4.98 Å². The Morgan fingerprint density at radius 2 is 1.54 bits per heavy atom. The summed E-state index contributed by atoms with van der Waals surface area (Å²) < 4.78 is 0. The number of nitrogens with one attached hydrogen (secondary N) is 1. The molecule has 1 aromatic heterocycles. The van der Waals surface area contributed by atoms with Crippen LogP contribution in [0.3, 0.4) is 0 Å². The van der Waals surface area contributed by atoms with Crippen molar-refractivity contribution in [2.24, 2.45) is 5.73 Å². The minimum Gasteiger partial charge on any atom is -0.369 e. The summed E-state index contributed by atoms with van der Waals surface area (Å²) in [4.78, 5) is 16.0. The van der Waals surface area contributed by atoms with Crippen molar-refractivity contribution in [3.63, 3.8) is 0 Å². The van der Waals surface area contributed by atoms with Crippen LogP contribution in [0.25, 0.3) is 22.2 Å². The Labute approximate surface area is 152 Å². The van der Waals surface area contributed by atoms with E-state index in [0.29, 0.717) is 0 Å². The highest BCUT2D eigenvalue weighted by molar-refractivity contribution is 5.98. The largest absolute Gasteiger partial charge is 0.369 e. The summed E-state index contributed by atoms with van der Waals surface area (Å²) in [6.45, 7) is 2.06. The van der Waals surface area contributed by atoms with Gasteiger partial charge in [0.25, 0.3) is 0 Å². The Morgan fingerprint density at radius 3 is 2.23 bits per heavy atom. The smallest absolute Gasteiger partial charge is 0.229 e. The van der Waals surface area contributed by atoms with E-state index in [9.17, 15) is 4.79 Å². The summed E-state index contributed by atoms with van der Waals surface area (Å²) in [6, 6.07) is 26.1. The lowest BCUT2D eigenvalue weighted by atomic mass is 9.87. The Hall–Kier alpha value is -3.33. The van der Waals surface area contributed by atoms with Gasteiger partial charge in [-0.25, -0.2) is 0 Å². The number of primary amides is 1. The van der Waals surface area contributed by atoms with Gasteiger partial charge in [0.2, 0.25) is 5.91 Å².